The topological polar surface area (TPSA) is 61.0 Å². The molecule has 5 nitrogen and oxygen atoms in total. The summed E-state index contributed by atoms with van der Waals surface area (Å²) in [6, 6.07) is 51.5. The van der Waals surface area contributed by atoms with Gasteiger partial charge in [0.1, 0.15) is 16.9 Å². The molecule has 0 N–H and O–H groups in total. The largest absolute Gasteiger partial charge is 0.464 e. The molecule has 53 heavy (non-hydrogen) atoms. The average Bonchev–Trinajstić information content (AvgIpc) is 3.58. The van der Waals surface area contributed by atoms with Crippen LogP contribution in [-0.2, 0) is 0 Å². The predicted octanol–water partition coefficient (Wildman–Crippen LogP) is 12.4. The van der Waals surface area contributed by atoms with Gasteiger partial charge in [0.2, 0.25) is 0 Å². The second-order valence-electron chi connectivity index (χ2n) is 13.0. The molecular formula is C48H33N3O2. The van der Waals surface area contributed by atoms with Crippen LogP contribution in [0.1, 0.15) is 17.0 Å². The molecule has 3 heterocycles. The van der Waals surface area contributed by atoms with Crippen LogP contribution in [0.5, 0.6) is 5.75 Å². The van der Waals surface area contributed by atoms with Crippen molar-refractivity contribution in [3.63, 3.8) is 0 Å². The Bertz CT molecular complexity index is 2850. The maximum Gasteiger partial charge on any atom is 0.164 e. The number of para-hydroxylation sites is 2. The average molecular weight is 684 g/mol. The van der Waals surface area contributed by atoms with Gasteiger partial charge in [0.15, 0.2) is 17.5 Å². The molecule has 252 valence electrons. The zero-order valence-electron chi connectivity index (χ0n) is 29.0. The number of ether oxygens (including phenoxy) is 1. The first kappa shape index (κ1) is 31.8. The van der Waals surface area contributed by atoms with Gasteiger partial charge in [-0.05, 0) is 82.4 Å². The molecule has 0 spiro atoms. The molecule has 0 bridgehead atoms. The van der Waals surface area contributed by atoms with Gasteiger partial charge < -0.3 is 9.15 Å². The highest BCUT2D eigenvalue weighted by Gasteiger charge is 2.20. The second kappa shape index (κ2) is 13.5. The molecule has 0 fully saturated rings. The summed E-state index contributed by atoms with van der Waals surface area (Å²) in [5.41, 5.74) is 8.89. The van der Waals surface area contributed by atoms with Gasteiger partial charge in [-0.25, -0.2) is 15.0 Å². The number of benzene rings is 5. The Morgan fingerprint density at radius 1 is 0.528 bits per heavy atom. The molecule has 6 aromatic carbocycles. The summed E-state index contributed by atoms with van der Waals surface area (Å²) in [7, 11) is 0. The van der Waals surface area contributed by atoms with E-state index in [2.05, 4.69) is 92.4 Å². The Morgan fingerprint density at radius 2 is 1.21 bits per heavy atom. The molecule has 9 rings (SSSR count). The van der Waals surface area contributed by atoms with Crippen molar-refractivity contribution >= 4 is 43.9 Å². The van der Waals surface area contributed by atoms with Gasteiger partial charge in [-0.1, -0.05) is 128 Å². The number of hydrogen-bond donors (Lipinski definition) is 0. The van der Waals surface area contributed by atoms with Crippen molar-refractivity contribution in [2.24, 2.45) is 0 Å². The van der Waals surface area contributed by atoms with E-state index in [0.717, 1.165) is 72.0 Å². The minimum Gasteiger partial charge on any atom is -0.464 e. The monoisotopic (exact) mass is 683 g/mol. The number of aromatic nitrogens is 3. The molecule has 1 aliphatic heterocycles. The fraction of sp³-hybridized carbons (Fsp3) is 0.0208. The summed E-state index contributed by atoms with van der Waals surface area (Å²) in [5.74, 6) is 2.32. The zero-order chi connectivity index (χ0) is 35.7. The molecule has 0 radical (unpaired) electrons. The third kappa shape index (κ3) is 6.15. The van der Waals surface area contributed by atoms with Crippen LogP contribution in [-0.4, -0.2) is 15.0 Å². The Kier molecular flexibility index (Phi) is 8.14. The van der Waals surface area contributed by atoms with Gasteiger partial charge in [0, 0.05) is 33.0 Å². The quantitative estimate of drug-likeness (QED) is 0.185. The Balaban J connectivity index is 1.33. The van der Waals surface area contributed by atoms with Crippen molar-refractivity contribution in [2.75, 3.05) is 0 Å². The highest BCUT2D eigenvalue weighted by atomic mass is 16.5. The highest BCUT2D eigenvalue weighted by Crippen LogP contribution is 2.40. The van der Waals surface area contributed by atoms with E-state index in [0.29, 0.717) is 17.5 Å². The van der Waals surface area contributed by atoms with Crippen molar-refractivity contribution in [1.29, 1.82) is 0 Å². The number of rotatable bonds is 4. The number of furan rings is 1. The Morgan fingerprint density at radius 3 is 2.08 bits per heavy atom. The van der Waals surface area contributed by atoms with Crippen LogP contribution in [0.2, 0.25) is 0 Å². The van der Waals surface area contributed by atoms with Gasteiger partial charge in [-0.15, -0.1) is 0 Å². The first-order valence-electron chi connectivity index (χ1n) is 17.5. The lowest BCUT2D eigenvalue weighted by atomic mass is 9.97. The molecule has 0 amide bonds. The SMILES string of the molecule is C=C1/C=C(c2nc(-c3ccccc3)nc(-c3cc(-c4cccccc(C)c5ccccc5c4)cc4oc5ccccc5c34)n2)\C=C/Oc2ccccc21. The van der Waals surface area contributed by atoms with Crippen LogP contribution in [0.4, 0.5) is 0 Å². The van der Waals surface area contributed by atoms with Crippen LogP contribution in [0.25, 0.3) is 77.8 Å². The van der Waals surface area contributed by atoms with E-state index in [-0.39, 0.29) is 0 Å². The van der Waals surface area contributed by atoms with Crippen LogP contribution in [0.15, 0.2) is 181 Å². The number of aryl methyl sites for hydroxylation is 1. The summed E-state index contributed by atoms with van der Waals surface area (Å²) in [4.78, 5) is 15.4. The van der Waals surface area contributed by atoms with Crippen molar-refractivity contribution in [2.45, 2.75) is 6.92 Å². The maximum absolute atomic E-state index is 6.58. The molecule has 5 heteroatoms. The number of hydrogen-bond acceptors (Lipinski definition) is 5. The number of nitrogens with zero attached hydrogens (tertiary/aromatic N) is 3. The van der Waals surface area contributed by atoms with Crippen LogP contribution < -0.4 is 4.74 Å². The lowest BCUT2D eigenvalue weighted by molar-refractivity contribution is 0.480. The lowest BCUT2D eigenvalue weighted by Crippen LogP contribution is -2.04. The second-order valence-corrected chi connectivity index (χ2v) is 13.0. The van der Waals surface area contributed by atoms with E-state index in [1.807, 2.05) is 84.9 Å². The summed E-state index contributed by atoms with van der Waals surface area (Å²) in [6.07, 6.45) is 5.56. The fourth-order valence-corrected chi connectivity index (χ4v) is 6.90. The molecule has 0 aliphatic carbocycles. The van der Waals surface area contributed by atoms with E-state index in [4.69, 9.17) is 24.1 Å². The van der Waals surface area contributed by atoms with Crippen LogP contribution >= 0.6 is 0 Å². The molecule has 0 unspecified atom stereocenters. The third-order valence-electron chi connectivity index (χ3n) is 9.52. The zero-order valence-corrected chi connectivity index (χ0v) is 29.0. The van der Waals surface area contributed by atoms with Crippen LogP contribution in [0, 0.1) is 6.92 Å². The van der Waals surface area contributed by atoms with E-state index < -0.39 is 0 Å². The third-order valence-corrected chi connectivity index (χ3v) is 9.52. The minimum atomic E-state index is 0.500. The number of allylic oxidation sites excluding steroid dienone is 4. The summed E-state index contributed by atoms with van der Waals surface area (Å²) < 4.78 is 12.6. The Labute approximate surface area is 307 Å². The normalized spacial score (nSPS) is 14.1. The van der Waals surface area contributed by atoms with Crippen molar-refractivity contribution in [3.05, 3.63) is 194 Å². The molecule has 0 atom stereocenters. The molecular weight excluding hydrogens is 651 g/mol. The van der Waals surface area contributed by atoms with Crippen molar-refractivity contribution < 1.29 is 9.15 Å². The highest BCUT2D eigenvalue weighted by molar-refractivity contribution is 6.13. The van der Waals surface area contributed by atoms with E-state index in [9.17, 15) is 0 Å². The van der Waals surface area contributed by atoms with Gasteiger partial charge in [0.05, 0.1) is 6.26 Å². The predicted molar refractivity (Wildman–Crippen MR) is 217 cm³/mol. The van der Waals surface area contributed by atoms with Gasteiger partial charge in [-0.3, -0.25) is 0 Å². The molecule has 0 saturated carbocycles. The molecule has 8 aromatic rings. The van der Waals surface area contributed by atoms with Crippen LogP contribution in [0.3, 0.4) is 0 Å². The van der Waals surface area contributed by atoms with Gasteiger partial charge >= 0.3 is 0 Å². The maximum atomic E-state index is 6.58. The van der Waals surface area contributed by atoms with E-state index in [1.54, 1.807) is 6.26 Å². The lowest BCUT2D eigenvalue weighted by Gasteiger charge is -2.14. The molecule has 2 aromatic heterocycles. The summed E-state index contributed by atoms with van der Waals surface area (Å²) in [6.45, 7) is 6.52. The molecule has 1 aliphatic rings. The number of fused-ring (bicyclic) bond motifs is 5. The standard InChI is InChI=1S/C48H33N3O2/c1-31-15-5-3-8-18-34(28-35-19-9-10-20-38(31)35)37-29-41(45-40-22-12-14-24-43(40)53-44(45)30-37)48-50-46(33-16-6-4-7-17-33)49-47(51-48)36-25-26-52-42-23-13-11-21-39(42)32(2)27-36/h3-30H,2H2,1H3/b5-3?,8-3?,15-5?,18-8?,26-25-,31-15?,34-18?,34-28?,35-28?,36-27+,38-31?. The van der Waals surface area contributed by atoms with Crippen molar-refractivity contribution in [1.82, 2.24) is 15.0 Å². The summed E-state index contributed by atoms with van der Waals surface area (Å²) >= 11 is 0. The van der Waals surface area contributed by atoms with Gasteiger partial charge in [0.25, 0.3) is 0 Å². The first-order valence-corrected chi connectivity index (χ1v) is 17.5. The first-order chi connectivity index (χ1) is 26.1. The van der Waals surface area contributed by atoms with E-state index >= 15 is 0 Å². The summed E-state index contributed by atoms with van der Waals surface area (Å²) in [5, 5.41) is 4.23. The van der Waals surface area contributed by atoms with Crippen molar-refractivity contribution in [3.8, 4) is 39.7 Å². The Hall–Kier alpha value is -7.11. The molecule has 0 saturated heterocycles. The van der Waals surface area contributed by atoms with Gasteiger partial charge in [-0.2, -0.15) is 0 Å². The van der Waals surface area contributed by atoms with E-state index in [1.165, 1.54) is 10.9 Å². The minimum absolute atomic E-state index is 0.500. The fourth-order valence-electron chi connectivity index (χ4n) is 6.90. The smallest absolute Gasteiger partial charge is 0.164 e.